The number of ether oxygens (including phenoxy) is 2. The van der Waals surface area contributed by atoms with Gasteiger partial charge in [-0.2, -0.15) is 0 Å². The van der Waals surface area contributed by atoms with Gasteiger partial charge in [-0.1, -0.05) is 38.2 Å². The molecule has 0 saturated carbocycles. The van der Waals surface area contributed by atoms with E-state index in [1.807, 2.05) is 6.08 Å². The van der Waals surface area contributed by atoms with Gasteiger partial charge in [-0.3, -0.25) is 0 Å². The van der Waals surface area contributed by atoms with Crippen LogP contribution in [0.4, 0.5) is 0 Å². The molecule has 1 aromatic carbocycles. The normalized spacial score (nSPS) is 10.2. The van der Waals surface area contributed by atoms with E-state index in [-0.39, 0.29) is 5.97 Å². The Bertz CT molecular complexity index is 423. The molecule has 3 nitrogen and oxygen atoms in total. The molecule has 0 saturated heterocycles. The fraction of sp³-hybridized carbons (Fsp3) is 0.526. The van der Waals surface area contributed by atoms with Gasteiger partial charge in [0.15, 0.2) is 0 Å². The largest absolute Gasteiger partial charge is 0.497 e. The van der Waals surface area contributed by atoms with Gasteiger partial charge in [0.25, 0.3) is 0 Å². The summed E-state index contributed by atoms with van der Waals surface area (Å²) in [6, 6.07) is 6.99. The lowest BCUT2D eigenvalue weighted by atomic mass is 10.1. The molecule has 1 rings (SSSR count). The summed E-state index contributed by atoms with van der Waals surface area (Å²) in [5.74, 6) is 0.483. The van der Waals surface area contributed by atoms with Crippen molar-refractivity contribution in [3.05, 3.63) is 42.5 Å². The first-order valence-corrected chi connectivity index (χ1v) is 8.20. The summed E-state index contributed by atoms with van der Waals surface area (Å²) in [4.78, 5) is 11.8. The minimum Gasteiger partial charge on any atom is -0.497 e. The number of hydrogen-bond acceptors (Lipinski definition) is 3. The molecular weight excluding hydrogens is 276 g/mol. The van der Waals surface area contributed by atoms with Gasteiger partial charge in [-0.15, -0.1) is 6.58 Å². The Morgan fingerprint density at radius 3 is 2.18 bits per heavy atom. The van der Waals surface area contributed by atoms with Crippen molar-refractivity contribution in [2.75, 3.05) is 13.7 Å². The van der Waals surface area contributed by atoms with E-state index < -0.39 is 0 Å². The van der Waals surface area contributed by atoms with Gasteiger partial charge >= 0.3 is 5.97 Å². The van der Waals surface area contributed by atoms with Gasteiger partial charge in [0, 0.05) is 0 Å². The fourth-order valence-corrected chi connectivity index (χ4v) is 2.25. The van der Waals surface area contributed by atoms with Gasteiger partial charge in [0.1, 0.15) is 5.75 Å². The van der Waals surface area contributed by atoms with E-state index >= 15 is 0 Å². The second-order valence-electron chi connectivity index (χ2n) is 5.42. The summed E-state index contributed by atoms with van der Waals surface area (Å²) in [6.07, 6.45) is 11.5. The van der Waals surface area contributed by atoms with Crippen molar-refractivity contribution in [1.29, 1.82) is 0 Å². The van der Waals surface area contributed by atoms with Gasteiger partial charge in [0.05, 0.1) is 19.3 Å². The third kappa shape index (κ3) is 7.87. The highest BCUT2D eigenvalue weighted by molar-refractivity contribution is 5.89. The lowest BCUT2D eigenvalue weighted by Crippen LogP contribution is -2.06. The van der Waals surface area contributed by atoms with Crippen LogP contribution in [0.1, 0.15) is 61.7 Å². The molecule has 0 N–H and O–H groups in total. The first-order chi connectivity index (χ1) is 10.8. The number of carbonyl (C=O) groups is 1. The highest BCUT2D eigenvalue weighted by Crippen LogP contribution is 2.13. The molecule has 0 spiro atoms. The Morgan fingerprint density at radius 2 is 1.59 bits per heavy atom. The highest BCUT2D eigenvalue weighted by atomic mass is 16.5. The molecule has 0 radical (unpaired) electrons. The molecule has 0 fully saturated rings. The zero-order chi connectivity index (χ0) is 16.0. The Labute approximate surface area is 134 Å². The van der Waals surface area contributed by atoms with E-state index in [0.717, 1.165) is 25.0 Å². The Balaban J connectivity index is 2.01. The summed E-state index contributed by atoms with van der Waals surface area (Å²) in [6.45, 7) is 4.23. The van der Waals surface area contributed by atoms with Gasteiger partial charge in [0.2, 0.25) is 0 Å². The molecule has 1 aromatic rings. The molecule has 122 valence electrons. The summed E-state index contributed by atoms with van der Waals surface area (Å²) >= 11 is 0. The van der Waals surface area contributed by atoms with Crippen LogP contribution in [0.3, 0.4) is 0 Å². The van der Waals surface area contributed by atoms with Crippen molar-refractivity contribution >= 4 is 5.97 Å². The minimum absolute atomic E-state index is 0.257. The van der Waals surface area contributed by atoms with Crippen LogP contribution in [0.2, 0.25) is 0 Å². The zero-order valence-electron chi connectivity index (χ0n) is 13.7. The van der Waals surface area contributed by atoms with Gasteiger partial charge in [-0.25, -0.2) is 4.79 Å². The van der Waals surface area contributed by atoms with E-state index in [2.05, 4.69) is 6.58 Å². The van der Waals surface area contributed by atoms with Crippen molar-refractivity contribution in [2.24, 2.45) is 0 Å². The molecule has 0 bridgehead atoms. The zero-order valence-corrected chi connectivity index (χ0v) is 13.7. The van der Waals surface area contributed by atoms with Crippen LogP contribution in [0.5, 0.6) is 5.75 Å². The molecule has 0 unspecified atom stereocenters. The average molecular weight is 304 g/mol. The minimum atomic E-state index is -0.257. The van der Waals surface area contributed by atoms with Gasteiger partial charge in [-0.05, 0) is 43.5 Å². The molecule has 0 aliphatic carbocycles. The van der Waals surface area contributed by atoms with Crippen LogP contribution >= 0.6 is 0 Å². The lowest BCUT2D eigenvalue weighted by Gasteiger charge is -2.06. The third-order valence-corrected chi connectivity index (χ3v) is 3.61. The van der Waals surface area contributed by atoms with Crippen LogP contribution in [-0.2, 0) is 4.74 Å². The molecular formula is C19H28O3. The smallest absolute Gasteiger partial charge is 0.338 e. The molecule has 0 aromatic heterocycles. The summed E-state index contributed by atoms with van der Waals surface area (Å²) in [5.41, 5.74) is 0.572. The average Bonchev–Trinajstić information content (AvgIpc) is 2.56. The Kier molecular flexibility index (Phi) is 9.84. The number of allylic oxidation sites excluding steroid dienone is 1. The quantitative estimate of drug-likeness (QED) is 0.304. The fourth-order valence-electron chi connectivity index (χ4n) is 2.25. The van der Waals surface area contributed by atoms with E-state index in [0.29, 0.717) is 12.2 Å². The van der Waals surface area contributed by atoms with Crippen molar-refractivity contribution < 1.29 is 14.3 Å². The molecule has 0 heterocycles. The molecule has 0 aliphatic rings. The number of rotatable bonds is 12. The standard InChI is InChI=1S/C19H28O3/c1-3-4-5-6-7-8-9-10-11-16-22-19(20)17-12-14-18(21-2)15-13-17/h3,12-15H,1,4-11,16H2,2H3. The first-order valence-electron chi connectivity index (χ1n) is 8.20. The molecule has 0 aliphatic heterocycles. The predicted octanol–water partition coefficient (Wildman–Crippen LogP) is 5.16. The van der Waals surface area contributed by atoms with Crippen molar-refractivity contribution in [2.45, 2.75) is 51.4 Å². The summed E-state index contributed by atoms with van der Waals surface area (Å²) in [5, 5.41) is 0. The van der Waals surface area contributed by atoms with Crippen molar-refractivity contribution in [3.63, 3.8) is 0 Å². The van der Waals surface area contributed by atoms with Gasteiger partial charge < -0.3 is 9.47 Å². The van der Waals surface area contributed by atoms with E-state index in [9.17, 15) is 4.79 Å². The Hall–Kier alpha value is -1.77. The highest BCUT2D eigenvalue weighted by Gasteiger charge is 2.06. The number of esters is 1. The maximum Gasteiger partial charge on any atom is 0.338 e. The van der Waals surface area contributed by atoms with Crippen LogP contribution in [0, 0.1) is 0 Å². The van der Waals surface area contributed by atoms with Crippen LogP contribution < -0.4 is 4.74 Å². The SMILES string of the molecule is C=CCCCCCCCCCOC(=O)c1ccc(OC)cc1. The number of benzene rings is 1. The summed E-state index contributed by atoms with van der Waals surface area (Å²) in [7, 11) is 1.60. The molecule has 3 heteroatoms. The summed E-state index contributed by atoms with van der Waals surface area (Å²) < 4.78 is 10.3. The van der Waals surface area contributed by atoms with Crippen LogP contribution in [0.15, 0.2) is 36.9 Å². The van der Waals surface area contributed by atoms with E-state index in [1.165, 1.54) is 32.1 Å². The van der Waals surface area contributed by atoms with Crippen LogP contribution in [0.25, 0.3) is 0 Å². The predicted molar refractivity (Wildman–Crippen MR) is 90.4 cm³/mol. The number of unbranched alkanes of at least 4 members (excludes halogenated alkanes) is 7. The van der Waals surface area contributed by atoms with Crippen molar-refractivity contribution in [1.82, 2.24) is 0 Å². The second-order valence-corrected chi connectivity index (χ2v) is 5.42. The topological polar surface area (TPSA) is 35.5 Å². The maximum absolute atomic E-state index is 11.8. The first kappa shape index (κ1) is 18.3. The monoisotopic (exact) mass is 304 g/mol. The molecule has 0 amide bonds. The second kappa shape index (κ2) is 11.8. The number of carbonyl (C=O) groups excluding carboxylic acids is 1. The third-order valence-electron chi connectivity index (χ3n) is 3.61. The van der Waals surface area contributed by atoms with E-state index in [4.69, 9.17) is 9.47 Å². The molecule has 0 atom stereocenters. The lowest BCUT2D eigenvalue weighted by molar-refractivity contribution is 0.0497. The number of hydrogen-bond donors (Lipinski definition) is 0. The molecule has 22 heavy (non-hydrogen) atoms. The van der Waals surface area contributed by atoms with Crippen molar-refractivity contribution in [3.8, 4) is 5.75 Å². The maximum atomic E-state index is 11.8. The van der Waals surface area contributed by atoms with Crippen LogP contribution in [-0.4, -0.2) is 19.7 Å². The Morgan fingerprint density at radius 1 is 1.00 bits per heavy atom. The number of methoxy groups -OCH3 is 1. The van der Waals surface area contributed by atoms with E-state index in [1.54, 1.807) is 31.4 Å².